The van der Waals surface area contributed by atoms with Gasteiger partial charge in [0.05, 0.1) is 9.79 Å². The second-order valence-electron chi connectivity index (χ2n) is 6.88. The lowest BCUT2D eigenvalue weighted by molar-refractivity contribution is 0.579. The number of fused-ring (bicyclic) bond motifs is 1. The van der Waals surface area contributed by atoms with Crippen LogP contribution in [0.1, 0.15) is 18.4 Å². The van der Waals surface area contributed by atoms with Crippen molar-refractivity contribution in [1.29, 1.82) is 0 Å². The molecule has 1 heterocycles. The van der Waals surface area contributed by atoms with Gasteiger partial charge in [0, 0.05) is 29.7 Å². The fourth-order valence-corrected chi connectivity index (χ4v) is 5.54. The zero-order valence-corrected chi connectivity index (χ0v) is 16.7. The van der Waals surface area contributed by atoms with Crippen molar-refractivity contribution in [1.82, 2.24) is 14.4 Å². The largest absolute Gasteiger partial charge is 0.361 e. The number of aromatic amines is 1. The Balaban J connectivity index is 1.47. The maximum absolute atomic E-state index is 12.6. The summed E-state index contributed by atoms with van der Waals surface area (Å²) >= 11 is 0. The Hall–Kier alpha value is -2.20. The standard InChI is InChI=1S/C19H21N3O4S2/c23-27(24,21-11-10-14-13-20-19-7-2-1-6-18(14)19)16-4-3-5-17(12-16)28(25,26)22-15-8-9-15/h1-7,12-13,15,20-22H,8-11H2. The molecular formula is C19H21N3O4S2. The molecule has 0 radical (unpaired) electrons. The fraction of sp³-hybridized carbons (Fsp3) is 0.263. The number of aromatic nitrogens is 1. The van der Waals surface area contributed by atoms with E-state index >= 15 is 0 Å². The van der Waals surface area contributed by atoms with E-state index in [9.17, 15) is 16.8 Å². The molecule has 1 aromatic heterocycles. The minimum Gasteiger partial charge on any atom is -0.361 e. The molecule has 28 heavy (non-hydrogen) atoms. The Bertz CT molecular complexity index is 1210. The number of H-pyrrole nitrogens is 1. The second-order valence-corrected chi connectivity index (χ2v) is 10.4. The van der Waals surface area contributed by atoms with E-state index in [1.165, 1.54) is 24.3 Å². The van der Waals surface area contributed by atoms with Gasteiger partial charge in [0.25, 0.3) is 0 Å². The first-order valence-electron chi connectivity index (χ1n) is 9.02. The number of hydrogen-bond donors (Lipinski definition) is 3. The predicted molar refractivity (Wildman–Crippen MR) is 107 cm³/mol. The Labute approximate surface area is 164 Å². The van der Waals surface area contributed by atoms with E-state index in [4.69, 9.17) is 0 Å². The maximum Gasteiger partial charge on any atom is 0.240 e. The van der Waals surface area contributed by atoms with Crippen LogP contribution in [0.4, 0.5) is 0 Å². The molecule has 148 valence electrons. The van der Waals surface area contributed by atoms with Gasteiger partial charge in [0.1, 0.15) is 0 Å². The lowest BCUT2D eigenvalue weighted by Crippen LogP contribution is -2.28. The average molecular weight is 420 g/mol. The summed E-state index contributed by atoms with van der Waals surface area (Å²) in [5.41, 5.74) is 2.02. The predicted octanol–water partition coefficient (Wildman–Crippen LogP) is 2.13. The highest BCUT2D eigenvalue weighted by Crippen LogP contribution is 2.23. The first kappa shape index (κ1) is 19.1. The van der Waals surface area contributed by atoms with Gasteiger partial charge in [-0.15, -0.1) is 0 Å². The first-order chi connectivity index (χ1) is 13.4. The minimum absolute atomic E-state index is 0.0421. The Morgan fingerprint density at radius 1 is 0.929 bits per heavy atom. The third-order valence-corrected chi connectivity index (χ3v) is 7.66. The van der Waals surface area contributed by atoms with Gasteiger partial charge in [-0.05, 0) is 49.1 Å². The summed E-state index contributed by atoms with van der Waals surface area (Å²) in [5.74, 6) is 0. The Kier molecular flexibility index (Phi) is 5.00. The second kappa shape index (κ2) is 7.32. The Morgan fingerprint density at radius 3 is 2.39 bits per heavy atom. The van der Waals surface area contributed by atoms with E-state index in [2.05, 4.69) is 14.4 Å². The molecule has 7 nitrogen and oxygen atoms in total. The van der Waals surface area contributed by atoms with Crippen LogP contribution in [0.15, 0.2) is 64.5 Å². The smallest absolute Gasteiger partial charge is 0.240 e. The van der Waals surface area contributed by atoms with Crippen molar-refractivity contribution >= 4 is 30.9 Å². The molecule has 0 amide bonds. The van der Waals surface area contributed by atoms with Gasteiger partial charge >= 0.3 is 0 Å². The van der Waals surface area contributed by atoms with Crippen molar-refractivity contribution in [3.63, 3.8) is 0 Å². The Morgan fingerprint density at radius 2 is 1.64 bits per heavy atom. The molecule has 2 aromatic carbocycles. The van der Waals surface area contributed by atoms with E-state index < -0.39 is 20.0 Å². The van der Waals surface area contributed by atoms with Crippen LogP contribution in [0.3, 0.4) is 0 Å². The summed E-state index contributed by atoms with van der Waals surface area (Å²) in [7, 11) is -7.52. The number of sulfonamides is 2. The van der Waals surface area contributed by atoms with E-state index in [0.29, 0.717) is 6.42 Å². The van der Waals surface area contributed by atoms with Crippen LogP contribution in [0.2, 0.25) is 0 Å². The molecule has 0 bridgehead atoms. The zero-order chi connectivity index (χ0) is 19.8. The van der Waals surface area contributed by atoms with E-state index in [-0.39, 0.29) is 22.4 Å². The summed E-state index contributed by atoms with van der Waals surface area (Å²) in [6.45, 7) is 0.210. The van der Waals surface area contributed by atoms with E-state index in [1.54, 1.807) is 0 Å². The van der Waals surface area contributed by atoms with Gasteiger partial charge in [0.15, 0.2) is 0 Å². The van der Waals surface area contributed by atoms with Crippen molar-refractivity contribution < 1.29 is 16.8 Å². The quantitative estimate of drug-likeness (QED) is 0.520. The van der Waals surface area contributed by atoms with Crippen LogP contribution in [0.5, 0.6) is 0 Å². The number of benzene rings is 2. The number of nitrogens with one attached hydrogen (secondary N) is 3. The minimum atomic E-state index is -3.81. The highest BCUT2D eigenvalue weighted by Gasteiger charge is 2.28. The van der Waals surface area contributed by atoms with Crippen LogP contribution in [-0.2, 0) is 26.5 Å². The van der Waals surface area contributed by atoms with Crippen LogP contribution in [0, 0.1) is 0 Å². The van der Waals surface area contributed by atoms with Gasteiger partial charge in [-0.3, -0.25) is 0 Å². The van der Waals surface area contributed by atoms with Gasteiger partial charge in [0.2, 0.25) is 20.0 Å². The average Bonchev–Trinajstić information content (AvgIpc) is 3.39. The van der Waals surface area contributed by atoms with Crippen LogP contribution in [-0.4, -0.2) is 34.4 Å². The molecule has 0 unspecified atom stereocenters. The topological polar surface area (TPSA) is 108 Å². The van der Waals surface area contributed by atoms with Crippen molar-refractivity contribution in [2.45, 2.75) is 35.1 Å². The zero-order valence-electron chi connectivity index (χ0n) is 15.1. The van der Waals surface area contributed by atoms with E-state index in [1.807, 2.05) is 30.5 Å². The summed E-state index contributed by atoms with van der Waals surface area (Å²) < 4.78 is 55.0. The van der Waals surface area contributed by atoms with Gasteiger partial charge in [-0.25, -0.2) is 26.3 Å². The van der Waals surface area contributed by atoms with Gasteiger partial charge in [-0.2, -0.15) is 0 Å². The number of hydrogen-bond acceptors (Lipinski definition) is 4. The first-order valence-corrected chi connectivity index (χ1v) is 12.0. The molecule has 3 aromatic rings. The number of para-hydroxylation sites is 1. The highest BCUT2D eigenvalue weighted by molar-refractivity contribution is 7.90. The van der Waals surface area contributed by atoms with Crippen LogP contribution in [0.25, 0.3) is 10.9 Å². The lowest BCUT2D eigenvalue weighted by Gasteiger charge is -2.09. The van der Waals surface area contributed by atoms with Crippen molar-refractivity contribution in [3.8, 4) is 0 Å². The molecule has 0 atom stereocenters. The summed E-state index contributed by atoms with van der Waals surface area (Å²) in [5, 5.41) is 1.06. The van der Waals surface area contributed by atoms with Gasteiger partial charge in [-0.1, -0.05) is 24.3 Å². The molecular weight excluding hydrogens is 398 g/mol. The molecule has 4 rings (SSSR count). The van der Waals surface area contributed by atoms with E-state index in [0.717, 1.165) is 29.3 Å². The summed E-state index contributed by atoms with van der Waals surface area (Å²) in [4.78, 5) is 3.05. The summed E-state index contributed by atoms with van der Waals surface area (Å²) in [6, 6.07) is 13.2. The molecule has 1 fully saturated rings. The van der Waals surface area contributed by atoms with Crippen LogP contribution >= 0.6 is 0 Å². The molecule has 0 aliphatic heterocycles. The third kappa shape index (κ3) is 4.12. The molecule has 1 aliphatic carbocycles. The number of rotatable bonds is 8. The van der Waals surface area contributed by atoms with Crippen LogP contribution < -0.4 is 9.44 Å². The molecule has 3 N–H and O–H groups in total. The molecule has 0 spiro atoms. The van der Waals surface area contributed by atoms with Gasteiger partial charge < -0.3 is 4.98 Å². The van der Waals surface area contributed by atoms with Crippen molar-refractivity contribution in [2.24, 2.45) is 0 Å². The highest BCUT2D eigenvalue weighted by atomic mass is 32.2. The normalized spacial score (nSPS) is 15.1. The third-order valence-electron chi connectivity index (χ3n) is 4.69. The SMILES string of the molecule is O=S(=O)(NCCc1c[nH]c2ccccc12)c1cccc(S(=O)(=O)NC2CC2)c1. The molecule has 1 saturated carbocycles. The summed E-state index contributed by atoms with van der Waals surface area (Å²) in [6.07, 6.45) is 4.01. The fourth-order valence-electron chi connectivity index (χ4n) is 3.04. The molecule has 0 saturated heterocycles. The van der Waals surface area contributed by atoms with Crippen molar-refractivity contribution in [2.75, 3.05) is 6.54 Å². The maximum atomic E-state index is 12.6. The lowest BCUT2D eigenvalue weighted by atomic mass is 10.1. The molecule has 9 heteroatoms. The molecule has 1 aliphatic rings. The monoisotopic (exact) mass is 419 g/mol. The van der Waals surface area contributed by atoms with Crippen molar-refractivity contribution in [3.05, 3.63) is 60.3 Å².